The van der Waals surface area contributed by atoms with Gasteiger partial charge in [0, 0.05) is 18.9 Å². The predicted molar refractivity (Wildman–Crippen MR) is 61.4 cm³/mol. The molecule has 0 saturated heterocycles. The number of rotatable bonds is 6. The number of carboxylic acid groups (broad SMARTS) is 1. The summed E-state index contributed by atoms with van der Waals surface area (Å²) in [6, 6.07) is 3.19. The molecule has 2 unspecified atom stereocenters. The van der Waals surface area contributed by atoms with E-state index in [1.165, 1.54) is 0 Å². The molecule has 5 heteroatoms. The molecule has 1 rings (SSSR count). The number of amides is 1. The van der Waals surface area contributed by atoms with Crippen molar-refractivity contribution in [2.45, 2.75) is 32.7 Å². The number of nitrogens with one attached hydrogen (secondary N) is 1. The van der Waals surface area contributed by atoms with Crippen LogP contribution in [0.25, 0.3) is 0 Å². The van der Waals surface area contributed by atoms with Crippen molar-refractivity contribution < 1.29 is 19.1 Å². The largest absolute Gasteiger partial charge is 0.481 e. The highest BCUT2D eigenvalue weighted by molar-refractivity contribution is 5.78. The number of carbonyl (C=O) groups excluding carboxylic acids is 1. The van der Waals surface area contributed by atoms with Crippen LogP contribution in [-0.4, -0.2) is 23.0 Å². The SMILES string of the molecule is CC(NC(=O)CCc1ccco1)C(C)C(=O)O. The zero-order valence-corrected chi connectivity index (χ0v) is 9.97. The van der Waals surface area contributed by atoms with E-state index < -0.39 is 11.9 Å². The molecule has 0 aliphatic heterocycles. The van der Waals surface area contributed by atoms with Gasteiger partial charge in [0.05, 0.1) is 12.2 Å². The van der Waals surface area contributed by atoms with Crippen molar-refractivity contribution in [2.24, 2.45) is 5.92 Å². The van der Waals surface area contributed by atoms with Crippen LogP contribution < -0.4 is 5.32 Å². The Hall–Kier alpha value is -1.78. The maximum absolute atomic E-state index is 11.5. The molecule has 0 fully saturated rings. The van der Waals surface area contributed by atoms with E-state index in [1.54, 1.807) is 32.2 Å². The van der Waals surface area contributed by atoms with Crippen LogP contribution in [0, 0.1) is 5.92 Å². The summed E-state index contributed by atoms with van der Waals surface area (Å²) in [7, 11) is 0. The molecule has 5 nitrogen and oxygen atoms in total. The van der Waals surface area contributed by atoms with E-state index in [4.69, 9.17) is 9.52 Å². The van der Waals surface area contributed by atoms with Gasteiger partial charge in [-0.1, -0.05) is 0 Å². The van der Waals surface area contributed by atoms with Gasteiger partial charge in [0.1, 0.15) is 5.76 Å². The Balaban J connectivity index is 2.32. The number of carbonyl (C=O) groups is 2. The molecular formula is C12H17NO4. The maximum Gasteiger partial charge on any atom is 0.308 e. The van der Waals surface area contributed by atoms with E-state index in [0.717, 1.165) is 5.76 Å². The lowest BCUT2D eigenvalue weighted by molar-refractivity contribution is -0.142. The second kappa shape index (κ2) is 6.08. The Morgan fingerprint density at radius 2 is 2.18 bits per heavy atom. The summed E-state index contributed by atoms with van der Waals surface area (Å²) >= 11 is 0. The van der Waals surface area contributed by atoms with Gasteiger partial charge in [-0.3, -0.25) is 9.59 Å². The molecule has 1 amide bonds. The lowest BCUT2D eigenvalue weighted by Crippen LogP contribution is -2.40. The summed E-state index contributed by atoms with van der Waals surface area (Å²) < 4.78 is 5.10. The maximum atomic E-state index is 11.5. The fourth-order valence-corrected chi connectivity index (χ4v) is 1.36. The van der Waals surface area contributed by atoms with Crippen molar-refractivity contribution in [3.8, 4) is 0 Å². The van der Waals surface area contributed by atoms with Crippen molar-refractivity contribution in [1.82, 2.24) is 5.32 Å². The summed E-state index contributed by atoms with van der Waals surface area (Å²) in [4.78, 5) is 22.2. The van der Waals surface area contributed by atoms with Crippen molar-refractivity contribution in [1.29, 1.82) is 0 Å². The second-order valence-corrected chi connectivity index (χ2v) is 4.06. The third-order valence-corrected chi connectivity index (χ3v) is 2.71. The standard InChI is InChI=1S/C12H17NO4/c1-8(12(15)16)9(2)13-11(14)6-5-10-4-3-7-17-10/h3-4,7-9H,5-6H2,1-2H3,(H,13,14)(H,15,16). The monoisotopic (exact) mass is 239 g/mol. The zero-order valence-electron chi connectivity index (χ0n) is 9.97. The number of hydrogen-bond acceptors (Lipinski definition) is 3. The molecule has 0 bridgehead atoms. The van der Waals surface area contributed by atoms with Gasteiger partial charge in [-0.15, -0.1) is 0 Å². The summed E-state index contributed by atoms with van der Waals surface area (Å²) in [6.45, 7) is 3.25. The molecular weight excluding hydrogens is 222 g/mol. The third kappa shape index (κ3) is 4.30. The van der Waals surface area contributed by atoms with E-state index in [1.807, 2.05) is 0 Å². The van der Waals surface area contributed by atoms with E-state index in [9.17, 15) is 9.59 Å². The van der Waals surface area contributed by atoms with Crippen LogP contribution in [0.1, 0.15) is 26.0 Å². The smallest absolute Gasteiger partial charge is 0.308 e. The second-order valence-electron chi connectivity index (χ2n) is 4.06. The Kier molecular flexibility index (Phi) is 4.75. The molecule has 0 spiro atoms. The quantitative estimate of drug-likeness (QED) is 0.787. The highest BCUT2D eigenvalue weighted by atomic mass is 16.4. The normalized spacial score (nSPS) is 14.0. The van der Waals surface area contributed by atoms with Gasteiger partial charge in [-0.2, -0.15) is 0 Å². The van der Waals surface area contributed by atoms with E-state index in [2.05, 4.69) is 5.32 Å². The van der Waals surface area contributed by atoms with Gasteiger partial charge in [-0.25, -0.2) is 0 Å². The number of hydrogen-bond donors (Lipinski definition) is 2. The van der Waals surface area contributed by atoms with Crippen LogP contribution in [0.3, 0.4) is 0 Å². The molecule has 0 saturated carbocycles. The first kappa shape index (κ1) is 13.3. The van der Waals surface area contributed by atoms with Gasteiger partial charge in [0.25, 0.3) is 0 Å². The Morgan fingerprint density at radius 3 is 2.71 bits per heavy atom. The highest BCUT2D eigenvalue weighted by Gasteiger charge is 2.20. The Morgan fingerprint density at radius 1 is 1.47 bits per heavy atom. The van der Waals surface area contributed by atoms with Gasteiger partial charge in [-0.05, 0) is 26.0 Å². The van der Waals surface area contributed by atoms with Crippen molar-refractivity contribution in [3.05, 3.63) is 24.2 Å². The molecule has 0 aliphatic rings. The lowest BCUT2D eigenvalue weighted by atomic mass is 10.0. The fraction of sp³-hybridized carbons (Fsp3) is 0.500. The van der Waals surface area contributed by atoms with Gasteiger partial charge < -0.3 is 14.8 Å². The van der Waals surface area contributed by atoms with E-state index >= 15 is 0 Å². The minimum atomic E-state index is -0.913. The predicted octanol–water partition coefficient (Wildman–Crippen LogP) is 1.44. The van der Waals surface area contributed by atoms with Gasteiger partial charge in [0.2, 0.25) is 5.91 Å². The Labute approximate surface area is 99.8 Å². The van der Waals surface area contributed by atoms with Crippen LogP contribution in [0.15, 0.2) is 22.8 Å². The minimum absolute atomic E-state index is 0.165. The average molecular weight is 239 g/mol. The molecule has 2 atom stereocenters. The number of aryl methyl sites for hydroxylation is 1. The van der Waals surface area contributed by atoms with Crippen LogP contribution in [0.4, 0.5) is 0 Å². The molecule has 1 aromatic heterocycles. The summed E-state index contributed by atoms with van der Waals surface area (Å²) in [5.74, 6) is -0.924. The van der Waals surface area contributed by atoms with Crippen LogP contribution in [0.2, 0.25) is 0 Å². The van der Waals surface area contributed by atoms with E-state index in [0.29, 0.717) is 12.8 Å². The fourth-order valence-electron chi connectivity index (χ4n) is 1.36. The van der Waals surface area contributed by atoms with Crippen molar-refractivity contribution >= 4 is 11.9 Å². The molecule has 0 radical (unpaired) electrons. The molecule has 2 N–H and O–H groups in total. The van der Waals surface area contributed by atoms with Crippen LogP contribution in [-0.2, 0) is 16.0 Å². The molecule has 1 heterocycles. The first-order valence-electron chi connectivity index (χ1n) is 5.55. The third-order valence-electron chi connectivity index (χ3n) is 2.71. The lowest BCUT2D eigenvalue weighted by Gasteiger charge is -2.17. The molecule has 1 aromatic rings. The average Bonchev–Trinajstić information content (AvgIpc) is 2.77. The zero-order chi connectivity index (χ0) is 12.8. The molecule has 17 heavy (non-hydrogen) atoms. The topological polar surface area (TPSA) is 79.5 Å². The van der Waals surface area contributed by atoms with Crippen molar-refractivity contribution in [2.75, 3.05) is 0 Å². The first-order valence-corrected chi connectivity index (χ1v) is 5.55. The van der Waals surface area contributed by atoms with Gasteiger partial charge >= 0.3 is 5.97 Å². The number of furan rings is 1. The van der Waals surface area contributed by atoms with Crippen LogP contribution in [0.5, 0.6) is 0 Å². The minimum Gasteiger partial charge on any atom is -0.481 e. The van der Waals surface area contributed by atoms with Gasteiger partial charge in [0.15, 0.2) is 0 Å². The van der Waals surface area contributed by atoms with Crippen LogP contribution >= 0.6 is 0 Å². The summed E-state index contributed by atoms with van der Waals surface area (Å²) in [6.07, 6.45) is 2.37. The number of aliphatic carboxylic acids is 1. The first-order chi connectivity index (χ1) is 8.00. The summed E-state index contributed by atoms with van der Waals surface area (Å²) in [5.41, 5.74) is 0. The molecule has 94 valence electrons. The van der Waals surface area contributed by atoms with Crippen molar-refractivity contribution in [3.63, 3.8) is 0 Å². The Bertz CT molecular complexity index is 372. The highest BCUT2D eigenvalue weighted by Crippen LogP contribution is 2.05. The molecule has 0 aliphatic carbocycles. The summed E-state index contributed by atoms with van der Waals surface area (Å²) in [5, 5.41) is 11.4. The van der Waals surface area contributed by atoms with E-state index in [-0.39, 0.29) is 11.9 Å². The number of carboxylic acids is 1. The molecule has 0 aromatic carbocycles.